The van der Waals surface area contributed by atoms with E-state index in [1.165, 1.54) is 17.8 Å². The highest BCUT2D eigenvalue weighted by Gasteiger charge is 2.30. The van der Waals surface area contributed by atoms with Gasteiger partial charge in [-0.15, -0.1) is 0 Å². The van der Waals surface area contributed by atoms with Crippen molar-refractivity contribution in [1.82, 2.24) is 4.98 Å². The van der Waals surface area contributed by atoms with Gasteiger partial charge in [-0.1, -0.05) is 11.8 Å². The third-order valence-electron chi connectivity index (χ3n) is 2.37. The van der Waals surface area contributed by atoms with Crippen molar-refractivity contribution in [3.63, 3.8) is 0 Å². The van der Waals surface area contributed by atoms with Gasteiger partial charge in [-0.05, 0) is 36.4 Å². The molecule has 1 aromatic carbocycles. The van der Waals surface area contributed by atoms with Gasteiger partial charge in [-0.2, -0.15) is 13.2 Å². The molecule has 0 saturated heterocycles. The summed E-state index contributed by atoms with van der Waals surface area (Å²) in [4.78, 5) is 14.8. The quantitative estimate of drug-likeness (QED) is 0.872. The second-order valence-electron chi connectivity index (χ2n) is 3.77. The van der Waals surface area contributed by atoms with Crippen LogP contribution in [-0.4, -0.2) is 11.4 Å². The van der Waals surface area contributed by atoms with Gasteiger partial charge in [0.25, 0.3) is 0 Å². The number of hydrogen-bond donors (Lipinski definition) is 1. The minimum absolute atomic E-state index is 0.467. The number of halogens is 3. The molecule has 7 heteroatoms. The van der Waals surface area contributed by atoms with E-state index in [1.807, 2.05) is 0 Å². The van der Waals surface area contributed by atoms with Gasteiger partial charge in [0.05, 0.1) is 5.56 Å². The summed E-state index contributed by atoms with van der Waals surface area (Å²) in [7, 11) is 0. The third-order valence-corrected chi connectivity index (χ3v) is 3.32. The van der Waals surface area contributed by atoms with E-state index in [2.05, 4.69) is 10.3 Å². The van der Waals surface area contributed by atoms with E-state index in [9.17, 15) is 18.0 Å². The first-order chi connectivity index (χ1) is 9.49. The van der Waals surface area contributed by atoms with Crippen molar-refractivity contribution >= 4 is 23.9 Å². The Hall–Kier alpha value is -2.02. The number of carbonyl (C=O) groups excluding carboxylic acids is 1. The lowest BCUT2D eigenvalue weighted by atomic mass is 10.3. The predicted octanol–water partition coefficient (Wildman–Crippen LogP) is 3.82. The maximum absolute atomic E-state index is 12.4. The van der Waals surface area contributed by atoms with E-state index < -0.39 is 11.7 Å². The Bertz CT molecular complexity index is 582. The van der Waals surface area contributed by atoms with Crippen molar-refractivity contribution in [2.45, 2.75) is 16.1 Å². The first kappa shape index (κ1) is 14.4. The van der Waals surface area contributed by atoms with Gasteiger partial charge < -0.3 is 5.32 Å². The molecule has 1 heterocycles. The Morgan fingerprint density at radius 3 is 2.30 bits per heavy atom. The Balaban J connectivity index is 2.08. The van der Waals surface area contributed by atoms with Gasteiger partial charge in [0.2, 0.25) is 6.41 Å². The molecule has 1 aromatic heterocycles. The fraction of sp³-hybridized carbons (Fsp3) is 0.0769. The number of benzene rings is 1. The van der Waals surface area contributed by atoms with Gasteiger partial charge in [0.15, 0.2) is 0 Å². The number of pyridine rings is 1. The first-order valence-electron chi connectivity index (χ1n) is 5.50. The number of rotatable bonds is 4. The lowest BCUT2D eigenvalue weighted by Gasteiger charge is -2.07. The fourth-order valence-electron chi connectivity index (χ4n) is 1.42. The molecule has 0 atom stereocenters. The average molecular weight is 298 g/mol. The molecule has 0 aliphatic rings. The van der Waals surface area contributed by atoms with Crippen molar-refractivity contribution < 1.29 is 18.0 Å². The van der Waals surface area contributed by atoms with Crippen LogP contribution in [0.15, 0.2) is 52.5 Å². The Morgan fingerprint density at radius 1 is 1.10 bits per heavy atom. The van der Waals surface area contributed by atoms with Crippen molar-refractivity contribution in [3.05, 3.63) is 48.2 Å². The minimum Gasteiger partial charge on any atom is -0.329 e. The van der Waals surface area contributed by atoms with Crippen LogP contribution < -0.4 is 5.32 Å². The molecule has 0 aliphatic carbocycles. The van der Waals surface area contributed by atoms with E-state index in [4.69, 9.17) is 0 Å². The molecule has 2 aromatic rings. The molecule has 0 aliphatic heterocycles. The van der Waals surface area contributed by atoms with Crippen LogP contribution in [0.2, 0.25) is 0 Å². The van der Waals surface area contributed by atoms with Crippen molar-refractivity contribution in [2.24, 2.45) is 0 Å². The van der Waals surface area contributed by atoms with Gasteiger partial charge >= 0.3 is 6.18 Å². The van der Waals surface area contributed by atoms with Gasteiger partial charge in [-0.3, -0.25) is 4.79 Å². The van der Waals surface area contributed by atoms with Crippen LogP contribution in [0, 0.1) is 0 Å². The molecule has 3 nitrogen and oxygen atoms in total. The zero-order valence-corrected chi connectivity index (χ0v) is 10.8. The van der Waals surface area contributed by atoms with Crippen LogP contribution in [0.1, 0.15) is 5.56 Å². The second kappa shape index (κ2) is 5.96. The van der Waals surface area contributed by atoms with Crippen LogP contribution in [0.4, 0.5) is 18.9 Å². The highest BCUT2D eigenvalue weighted by molar-refractivity contribution is 7.99. The van der Waals surface area contributed by atoms with E-state index in [0.717, 1.165) is 17.2 Å². The van der Waals surface area contributed by atoms with E-state index >= 15 is 0 Å². The summed E-state index contributed by atoms with van der Waals surface area (Å²) in [5.41, 5.74) is -0.128. The van der Waals surface area contributed by atoms with Crippen molar-refractivity contribution in [1.29, 1.82) is 0 Å². The molecule has 1 N–H and O–H groups in total. The van der Waals surface area contributed by atoms with Crippen LogP contribution >= 0.6 is 11.8 Å². The van der Waals surface area contributed by atoms with E-state index in [0.29, 0.717) is 17.1 Å². The first-order valence-corrected chi connectivity index (χ1v) is 6.32. The summed E-state index contributed by atoms with van der Waals surface area (Å²) in [5.74, 6) is 0. The van der Waals surface area contributed by atoms with Crippen LogP contribution in [0.5, 0.6) is 0 Å². The van der Waals surface area contributed by atoms with Crippen molar-refractivity contribution in [3.8, 4) is 0 Å². The Labute approximate surface area is 117 Å². The largest absolute Gasteiger partial charge is 0.417 e. The molecule has 0 radical (unpaired) electrons. The highest BCUT2D eigenvalue weighted by Crippen LogP contribution is 2.31. The summed E-state index contributed by atoms with van der Waals surface area (Å²) in [6.07, 6.45) is -3.00. The summed E-state index contributed by atoms with van der Waals surface area (Å²) in [6, 6.07) is 9.20. The molecule has 0 unspecified atom stereocenters. The SMILES string of the molecule is O=CNc1ccc(Sc2ccc(C(F)(F)F)cn2)cc1. The molecule has 0 bridgehead atoms. The van der Waals surface area contributed by atoms with Gasteiger partial charge in [-0.25, -0.2) is 4.98 Å². The third kappa shape index (κ3) is 3.74. The number of carbonyl (C=O) groups is 1. The lowest BCUT2D eigenvalue weighted by Crippen LogP contribution is -2.04. The summed E-state index contributed by atoms with van der Waals surface area (Å²) < 4.78 is 37.1. The molecule has 104 valence electrons. The fourth-order valence-corrected chi connectivity index (χ4v) is 2.17. The molecule has 1 amide bonds. The summed E-state index contributed by atoms with van der Waals surface area (Å²) in [6.45, 7) is 0. The number of anilines is 1. The van der Waals surface area contributed by atoms with Crippen LogP contribution in [0.25, 0.3) is 0 Å². The summed E-state index contributed by atoms with van der Waals surface area (Å²) in [5, 5.41) is 2.96. The van der Waals surface area contributed by atoms with Crippen molar-refractivity contribution in [2.75, 3.05) is 5.32 Å². The molecular formula is C13H9F3N2OS. The monoisotopic (exact) mass is 298 g/mol. The molecule has 0 fully saturated rings. The highest BCUT2D eigenvalue weighted by atomic mass is 32.2. The zero-order valence-electron chi connectivity index (χ0n) is 10.0. The van der Waals surface area contributed by atoms with Crippen LogP contribution in [-0.2, 0) is 11.0 Å². The molecular weight excluding hydrogens is 289 g/mol. The predicted molar refractivity (Wildman–Crippen MR) is 69.5 cm³/mol. The number of amides is 1. The van der Waals surface area contributed by atoms with Gasteiger partial charge in [0.1, 0.15) is 5.03 Å². The topological polar surface area (TPSA) is 42.0 Å². The summed E-state index contributed by atoms with van der Waals surface area (Å²) >= 11 is 1.24. The molecule has 0 saturated carbocycles. The van der Waals surface area contributed by atoms with E-state index in [1.54, 1.807) is 24.3 Å². The van der Waals surface area contributed by atoms with Gasteiger partial charge in [0, 0.05) is 16.8 Å². The molecule has 2 rings (SSSR count). The van der Waals surface area contributed by atoms with Crippen LogP contribution in [0.3, 0.4) is 0 Å². The number of alkyl halides is 3. The zero-order chi connectivity index (χ0) is 14.6. The average Bonchev–Trinajstić information content (AvgIpc) is 2.41. The molecule has 0 spiro atoms. The number of nitrogens with one attached hydrogen (secondary N) is 1. The Morgan fingerprint density at radius 2 is 1.80 bits per heavy atom. The lowest BCUT2D eigenvalue weighted by molar-refractivity contribution is -0.137. The number of hydrogen-bond acceptors (Lipinski definition) is 3. The minimum atomic E-state index is -4.38. The standard InChI is InChI=1S/C13H9F3N2OS/c14-13(15,16)9-1-6-12(17-7-9)20-11-4-2-10(3-5-11)18-8-19/h1-8H,(H,18,19). The number of aromatic nitrogens is 1. The maximum atomic E-state index is 12.4. The second-order valence-corrected chi connectivity index (χ2v) is 4.87. The maximum Gasteiger partial charge on any atom is 0.417 e. The normalized spacial score (nSPS) is 11.2. The Kier molecular flexibility index (Phi) is 4.29. The van der Waals surface area contributed by atoms with E-state index in [-0.39, 0.29) is 0 Å². The smallest absolute Gasteiger partial charge is 0.329 e. The number of nitrogens with zero attached hydrogens (tertiary/aromatic N) is 1. The molecule has 20 heavy (non-hydrogen) atoms.